The van der Waals surface area contributed by atoms with Crippen LogP contribution in [0.2, 0.25) is 5.15 Å². The van der Waals surface area contributed by atoms with Crippen LogP contribution in [0.15, 0.2) is 57.3 Å². The fraction of sp³-hybridized carbons (Fsp3) is 0.385. The molecule has 6 rings (SSSR count). The molecule has 39 heavy (non-hydrogen) atoms. The minimum Gasteiger partial charge on any atom is -0.378 e. The van der Waals surface area contributed by atoms with Crippen molar-refractivity contribution in [3.63, 3.8) is 0 Å². The number of ether oxygens (including phenoxy) is 1. The van der Waals surface area contributed by atoms with Gasteiger partial charge >= 0.3 is 0 Å². The van der Waals surface area contributed by atoms with E-state index in [2.05, 4.69) is 20.9 Å². The Kier molecular flexibility index (Phi) is 7.44. The Hall–Kier alpha value is -2.09. The summed E-state index contributed by atoms with van der Waals surface area (Å²) in [6.45, 7) is 3.45. The normalized spacial score (nSPS) is 23.1. The lowest BCUT2D eigenvalue weighted by Crippen LogP contribution is -2.37. The van der Waals surface area contributed by atoms with Crippen LogP contribution >= 0.6 is 38.9 Å². The van der Waals surface area contributed by atoms with Crippen LogP contribution in [0.5, 0.6) is 0 Å². The van der Waals surface area contributed by atoms with E-state index in [0.29, 0.717) is 66.7 Å². The first-order valence-corrected chi connectivity index (χ1v) is 16.0. The standard InChI is InChI=1S/C26H25BrClFN4O4S2/c27-21-11-17(12-30-25(21)28)39(35,36)32-13-18-19(14-32)20(18)15-33(26(34)24-2-1-9-38-24)16-3-4-23(22(29)10-16)31-5-7-37-8-6-31/h1-4,9-12,18-20H,5-8,13-15H2. The highest BCUT2D eigenvalue weighted by Gasteiger charge is 2.58. The van der Waals surface area contributed by atoms with Crippen molar-refractivity contribution < 1.29 is 22.3 Å². The first kappa shape index (κ1) is 27.1. The van der Waals surface area contributed by atoms with Gasteiger partial charge in [-0.15, -0.1) is 11.3 Å². The highest BCUT2D eigenvalue weighted by atomic mass is 79.9. The molecule has 8 nitrogen and oxygen atoms in total. The number of hydrogen-bond donors (Lipinski definition) is 0. The molecule has 2 atom stereocenters. The monoisotopic (exact) mass is 654 g/mol. The Morgan fingerprint density at radius 2 is 1.95 bits per heavy atom. The minimum absolute atomic E-state index is 0.0851. The number of thiophene rings is 1. The summed E-state index contributed by atoms with van der Waals surface area (Å²) < 4.78 is 48.9. The van der Waals surface area contributed by atoms with Crippen molar-refractivity contribution in [3.8, 4) is 0 Å². The van der Waals surface area contributed by atoms with Crippen LogP contribution in [0, 0.1) is 23.6 Å². The Morgan fingerprint density at radius 3 is 2.59 bits per heavy atom. The zero-order valence-corrected chi connectivity index (χ0v) is 24.6. The fourth-order valence-corrected chi connectivity index (χ4v) is 8.31. The van der Waals surface area contributed by atoms with E-state index in [1.165, 1.54) is 34.0 Å². The number of carbonyl (C=O) groups excluding carboxylic acids is 1. The molecule has 2 saturated heterocycles. The molecule has 3 aliphatic rings. The molecule has 2 unspecified atom stereocenters. The highest BCUT2D eigenvalue weighted by molar-refractivity contribution is 9.10. The predicted molar refractivity (Wildman–Crippen MR) is 152 cm³/mol. The summed E-state index contributed by atoms with van der Waals surface area (Å²) in [7, 11) is -3.72. The minimum atomic E-state index is -3.72. The Balaban J connectivity index is 1.19. The molecular weight excluding hydrogens is 631 g/mol. The Bertz CT molecular complexity index is 1490. The van der Waals surface area contributed by atoms with Crippen molar-refractivity contribution in [1.82, 2.24) is 9.29 Å². The summed E-state index contributed by atoms with van der Waals surface area (Å²) >= 11 is 10.5. The third kappa shape index (κ3) is 5.22. The number of nitrogens with zero attached hydrogens (tertiary/aromatic N) is 4. The smallest absolute Gasteiger partial charge is 0.268 e. The Morgan fingerprint density at radius 1 is 1.21 bits per heavy atom. The van der Waals surface area contributed by atoms with Crippen LogP contribution < -0.4 is 9.80 Å². The molecule has 2 aromatic heterocycles. The number of rotatable bonds is 7. The molecule has 3 fully saturated rings. The molecule has 1 saturated carbocycles. The van der Waals surface area contributed by atoms with E-state index in [-0.39, 0.29) is 39.5 Å². The topological polar surface area (TPSA) is 83.1 Å². The van der Waals surface area contributed by atoms with E-state index >= 15 is 4.39 Å². The zero-order valence-electron chi connectivity index (χ0n) is 20.7. The number of carbonyl (C=O) groups is 1. The lowest BCUT2D eigenvalue weighted by molar-refractivity contribution is 0.0988. The quantitative estimate of drug-likeness (QED) is 0.342. The summed E-state index contributed by atoms with van der Waals surface area (Å²) in [5, 5.41) is 2.04. The number of halogens is 3. The van der Waals surface area contributed by atoms with Gasteiger partial charge in [0.15, 0.2) is 0 Å². The largest absolute Gasteiger partial charge is 0.378 e. The molecule has 0 spiro atoms. The number of piperidine rings is 1. The van der Waals surface area contributed by atoms with Crippen molar-refractivity contribution in [1.29, 1.82) is 0 Å². The third-order valence-electron chi connectivity index (χ3n) is 7.71. The predicted octanol–water partition coefficient (Wildman–Crippen LogP) is 4.75. The zero-order chi connectivity index (χ0) is 27.3. The molecule has 3 aromatic rings. The second kappa shape index (κ2) is 10.7. The van der Waals surface area contributed by atoms with Gasteiger partial charge in [-0.3, -0.25) is 4.79 Å². The molecule has 1 amide bonds. The second-order valence-electron chi connectivity index (χ2n) is 9.89. The molecule has 2 aliphatic heterocycles. The van der Waals surface area contributed by atoms with Crippen molar-refractivity contribution >= 4 is 66.2 Å². The van der Waals surface area contributed by atoms with E-state index in [9.17, 15) is 13.2 Å². The van der Waals surface area contributed by atoms with E-state index in [4.69, 9.17) is 16.3 Å². The van der Waals surface area contributed by atoms with Gasteiger partial charge in [0.05, 0.1) is 28.3 Å². The fourth-order valence-electron chi connectivity index (χ4n) is 5.55. The maximum atomic E-state index is 15.3. The molecule has 1 aromatic carbocycles. The highest BCUT2D eigenvalue weighted by Crippen LogP contribution is 2.53. The van der Waals surface area contributed by atoms with Crippen LogP contribution in [0.25, 0.3) is 0 Å². The van der Waals surface area contributed by atoms with Gasteiger partial charge in [-0.1, -0.05) is 17.7 Å². The van der Waals surface area contributed by atoms with Gasteiger partial charge in [-0.05, 0) is 69.4 Å². The maximum Gasteiger partial charge on any atom is 0.268 e. The van der Waals surface area contributed by atoms with E-state index in [1.54, 1.807) is 23.1 Å². The van der Waals surface area contributed by atoms with Gasteiger partial charge in [0.2, 0.25) is 10.0 Å². The number of amides is 1. The first-order valence-electron chi connectivity index (χ1n) is 12.5. The lowest BCUT2D eigenvalue weighted by Gasteiger charge is -2.30. The molecule has 13 heteroatoms. The number of morpholine rings is 1. The van der Waals surface area contributed by atoms with Crippen LogP contribution in [0.1, 0.15) is 9.67 Å². The molecule has 4 heterocycles. The van der Waals surface area contributed by atoms with Gasteiger partial charge in [0.25, 0.3) is 5.91 Å². The summed E-state index contributed by atoms with van der Waals surface area (Å²) in [6, 6.07) is 9.99. The Labute approximate surface area is 243 Å². The number of sulfonamides is 1. The summed E-state index contributed by atoms with van der Waals surface area (Å²) in [5.41, 5.74) is 0.993. The van der Waals surface area contributed by atoms with Crippen molar-refractivity contribution in [2.75, 3.05) is 55.7 Å². The van der Waals surface area contributed by atoms with Gasteiger partial charge in [0, 0.05) is 44.6 Å². The van der Waals surface area contributed by atoms with Crippen LogP contribution in [0.4, 0.5) is 15.8 Å². The molecule has 0 bridgehead atoms. The number of pyridine rings is 1. The summed E-state index contributed by atoms with van der Waals surface area (Å²) in [5.74, 6) is -0.193. The third-order valence-corrected chi connectivity index (χ3v) is 11.5. The lowest BCUT2D eigenvalue weighted by atomic mass is 10.2. The number of anilines is 2. The van der Waals surface area contributed by atoms with Crippen molar-refractivity contribution in [2.45, 2.75) is 4.90 Å². The number of fused-ring (bicyclic) bond motifs is 1. The molecule has 206 valence electrons. The van der Waals surface area contributed by atoms with Gasteiger partial charge < -0.3 is 14.5 Å². The van der Waals surface area contributed by atoms with E-state index < -0.39 is 10.0 Å². The SMILES string of the molecule is O=C(c1cccs1)N(CC1C2CN(S(=O)(=O)c3cnc(Cl)c(Br)c3)CC12)c1ccc(N2CCOCC2)c(F)c1. The number of hydrogen-bond acceptors (Lipinski definition) is 7. The van der Waals surface area contributed by atoms with Crippen LogP contribution in [-0.4, -0.2) is 69.6 Å². The molecular formula is C26H25BrClFN4O4S2. The van der Waals surface area contributed by atoms with Gasteiger partial charge in [0.1, 0.15) is 15.9 Å². The first-order chi connectivity index (χ1) is 18.7. The average Bonchev–Trinajstić information content (AvgIpc) is 3.32. The summed E-state index contributed by atoms with van der Waals surface area (Å²) in [4.78, 5) is 21.7. The molecule has 0 N–H and O–H groups in total. The van der Waals surface area contributed by atoms with Crippen molar-refractivity contribution in [3.05, 3.63) is 68.3 Å². The van der Waals surface area contributed by atoms with Crippen molar-refractivity contribution in [2.24, 2.45) is 17.8 Å². The van der Waals surface area contributed by atoms with E-state index in [1.807, 2.05) is 16.3 Å². The van der Waals surface area contributed by atoms with Gasteiger partial charge in [-0.2, -0.15) is 4.31 Å². The van der Waals surface area contributed by atoms with E-state index in [0.717, 1.165) is 0 Å². The van der Waals surface area contributed by atoms with Crippen LogP contribution in [0.3, 0.4) is 0 Å². The summed E-state index contributed by atoms with van der Waals surface area (Å²) in [6.07, 6.45) is 1.26. The second-order valence-corrected chi connectivity index (χ2v) is 14.0. The maximum absolute atomic E-state index is 15.3. The number of aromatic nitrogens is 1. The van der Waals surface area contributed by atoms with Gasteiger partial charge in [-0.25, -0.2) is 17.8 Å². The molecule has 1 aliphatic carbocycles. The molecule has 0 radical (unpaired) electrons. The number of benzene rings is 1. The average molecular weight is 656 g/mol. The van der Waals surface area contributed by atoms with Crippen LogP contribution in [-0.2, 0) is 14.8 Å².